The smallest absolute Gasteiger partial charge is 0.175 e. The second-order valence-electron chi connectivity index (χ2n) is 2.67. The molecular weight excluding hydrogens is 256 g/mol. The fourth-order valence-corrected chi connectivity index (χ4v) is 3.21. The second kappa shape index (κ2) is 6.22. The Morgan fingerprint density at radius 3 is 3.13 bits per heavy atom. The summed E-state index contributed by atoms with van der Waals surface area (Å²) < 4.78 is 11.7. The van der Waals surface area contributed by atoms with Crippen LogP contribution in [0.3, 0.4) is 0 Å². The minimum Gasteiger partial charge on any atom is -0.611 e. The molecule has 0 aliphatic rings. The van der Waals surface area contributed by atoms with Crippen LogP contribution in [0.5, 0.6) is 0 Å². The fraction of sp³-hybridized carbons (Fsp3) is 0.250. The van der Waals surface area contributed by atoms with Crippen molar-refractivity contribution < 1.29 is 9.76 Å². The van der Waals surface area contributed by atoms with Gasteiger partial charge in [0.1, 0.15) is 0 Å². The molecule has 0 fully saturated rings. The van der Waals surface area contributed by atoms with E-state index in [1.165, 1.54) is 6.21 Å². The Morgan fingerprint density at radius 2 is 2.53 bits per heavy atom. The van der Waals surface area contributed by atoms with E-state index < -0.39 is 11.2 Å². The molecule has 15 heavy (non-hydrogen) atoms. The van der Waals surface area contributed by atoms with E-state index in [1.54, 1.807) is 19.2 Å². The maximum atomic E-state index is 11.7. The van der Waals surface area contributed by atoms with Crippen LogP contribution in [-0.4, -0.2) is 26.0 Å². The number of oxime groups is 1. The highest BCUT2D eigenvalue weighted by atomic mass is 35.7. The van der Waals surface area contributed by atoms with E-state index in [9.17, 15) is 4.55 Å². The van der Waals surface area contributed by atoms with E-state index in [4.69, 9.17) is 15.9 Å². The Kier molecular flexibility index (Phi) is 5.24. The van der Waals surface area contributed by atoms with E-state index in [0.717, 1.165) is 11.0 Å². The van der Waals surface area contributed by atoms with Crippen molar-refractivity contribution in [2.45, 2.75) is 11.8 Å². The van der Waals surface area contributed by atoms with Gasteiger partial charge in [-0.15, -0.1) is 0 Å². The number of aryl methyl sites for hydroxylation is 1. The first-order valence-corrected chi connectivity index (χ1v) is 7.08. The summed E-state index contributed by atoms with van der Waals surface area (Å²) in [6.07, 6.45) is 2.78. The molecule has 1 aromatic heterocycles. The summed E-state index contributed by atoms with van der Waals surface area (Å²) in [6, 6.07) is 1.67. The number of halogens is 1. The average Bonchev–Trinajstić information content (AvgIpc) is 2.21. The number of hydrogen-bond donors (Lipinski definition) is 1. The lowest BCUT2D eigenvalue weighted by atomic mass is 10.3. The lowest BCUT2D eigenvalue weighted by Crippen LogP contribution is -2.07. The van der Waals surface area contributed by atoms with Crippen molar-refractivity contribution in [2.24, 2.45) is 5.16 Å². The topological polar surface area (TPSA) is 68.5 Å². The minimum atomic E-state index is -1.18. The van der Waals surface area contributed by atoms with Crippen molar-refractivity contribution in [1.29, 1.82) is 0 Å². The molecule has 0 aliphatic heterocycles. The highest BCUT2D eigenvalue weighted by Crippen LogP contribution is 2.21. The van der Waals surface area contributed by atoms with Crippen molar-refractivity contribution in [1.82, 2.24) is 4.98 Å². The Bertz CT molecular complexity index is 362. The Labute approximate surface area is 99.4 Å². The number of rotatable bonds is 4. The van der Waals surface area contributed by atoms with Crippen LogP contribution in [0.4, 0.5) is 0 Å². The summed E-state index contributed by atoms with van der Waals surface area (Å²) >= 11 is -1.18. The highest BCUT2D eigenvalue weighted by molar-refractivity contribution is 8.27. The van der Waals surface area contributed by atoms with E-state index in [2.05, 4.69) is 10.1 Å². The molecule has 4 nitrogen and oxygen atoms in total. The molecule has 1 N–H and O–H groups in total. The van der Waals surface area contributed by atoms with Gasteiger partial charge in [-0.05, 0) is 39.8 Å². The summed E-state index contributed by atoms with van der Waals surface area (Å²) in [4.78, 5) is 4.66. The standard InChI is InChI=1S/C8H9ClN2O2S2/c1-6-8(15(13)5-14-9)2-7(3-10-6)4-11-12/h2-4,12H,5H2,1H3/b11-4+. The fourth-order valence-electron chi connectivity index (χ4n) is 1.000. The van der Waals surface area contributed by atoms with Gasteiger partial charge >= 0.3 is 0 Å². The van der Waals surface area contributed by atoms with Gasteiger partial charge in [-0.1, -0.05) is 5.16 Å². The maximum Gasteiger partial charge on any atom is 0.175 e. The van der Waals surface area contributed by atoms with Crippen LogP contribution >= 0.6 is 21.7 Å². The molecule has 1 aromatic rings. The van der Waals surface area contributed by atoms with Crippen LogP contribution in [0.1, 0.15) is 11.3 Å². The van der Waals surface area contributed by atoms with E-state index in [-0.39, 0.29) is 0 Å². The largest absolute Gasteiger partial charge is 0.611 e. The lowest BCUT2D eigenvalue weighted by Gasteiger charge is -2.10. The van der Waals surface area contributed by atoms with Crippen LogP contribution in [0.25, 0.3) is 0 Å². The first-order chi connectivity index (χ1) is 7.19. The van der Waals surface area contributed by atoms with E-state index >= 15 is 0 Å². The summed E-state index contributed by atoms with van der Waals surface area (Å²) in [5.74, 6) is 0. The molecule has 1 rings (SSSR count). The van der Waals surface area contributed by atoms with E-state index in [0.29, 0.717) is 21.2 Å². The van der Waals surface area contributed by atoms with E-state index in [1.807, 2.05) is 0 Å². The van der Waals surface area contributed by atoms with Crippen molar-refractivity contribution in [2.75, 3.05) is 5.08 Å². The average molecular weight is 265 g/mol. The zero-order valence-electron chi connectivity index (χ0n) is 7.88. The van der Waals surface area contributed by atoms with Crippen molar-refractivity contribution >= 4 is 39.0 Å². The lowest BCUT2D eigenvalue weighted by molar-refractivity contribution is 0.322. The molecule has 0 aliphatic carbocycles. The molecule has 1 unspecified atom stereocenters. The van der Waals surface area contributed by atoms with Gasteiger partial charge in [-0.3, -0.25) is 4.98 Å². The molecule has 1 heterocycles. The zero-order chi connectivity index (χ0) is 11.3. The zero-order valence-corrected chi connectivity index (χ0v) is 10.3. The van der Waals surface area contributed by atoms with Gasteiger partial charge in [0.15, 0.2) is 9.98 Å². The van der Waals surface area contributed by atoms with Gasteiger partial charge in [0.2, 0.25) is 0 Å². The first kappa shape index (κ1) is 12.6. The molecule has 82 valence electrons. The molecule has 1 atom stereocenters. The quantitative estimate of drug-likeness (QED) is 0.392. The van der Waals surface area contributed by atoms with Crippen molar-refractivity contribution in [3.05, 3.63) is 23.5 Å². The summed E-state index contributed by atoms with van der Waals surface area (Å²) in [5, 5.41) is 11.6. The molecule has 0 saturated heterocycles. The van der Waals surface area contributed by atoms with Gasteiger partial charge < -0.3 is 9.76 Å². The molecule has 0 bridgehead atoms. The predicted octanol–water partition coefficient (Wildman–Crippen LogP) is 2.15. The highest BCUT2D eigenvalue weighted by Gasteiger charge is 2.15. The predicted molar refractivity (Wildman–Crippen MR) is 63.1 cm³/mol. The Morgan fingerprint density at radius 1 is 1.80 bits per heavy atom. The maximum absolute atomic E-state index is 11.7. The van der Waals surface area contributed by atoms with Gasteiger partial charge in [0, 0.05) is 17.8 Å². The third-order valence-electron chi connectivity index (χ3n) is 1.67. The molecular formula is C8H9ClN2O2S2. The first-order valence-electron chi connectivity index (χ1n) is 3.95. The minimum absolute atomic E-state index is 0.309. The number of aromatic nitrogens is 1. The second-order valence-corrected chi connectivity index (χ2v) is 5.62. The molecule has 7 heteroatoms. The van der Waals surface area contributed by atoms with Gasteiger partial charge in [0.05, 0.1) is 11.9 Å². The van der Waals surface area contributed by atoms with Crippen LogP contribution in [0, 0.1) is 6.92 Å². The molecule has 0 spiro atoms. The van der Waals surface area contributed by atoms with Crippen LogP contribution < -0.4 is 0 Å². The number of pyridine rings is 1. The summed E-state index contributed by atoms with van der Waals surface area (Å²) in [5.41, 5.74) is 1.29. The summed E-state index contributed by atoms with van der Waals surface area (Å²) in [6.45, 7) is 1.77. The Hall–Kier alpha value is -0.430. The molecule has 0 saturated carbocycles. The summed E-state index contributed by atoms with van der Waals surface area (Å²) in [7, 11) is 6.43. The third kappa shape index (κ3) is 3.57. The van der Waals surface area contributed by atoms with Crippen molar-refractivity contribution in [3.63, 3.8) is 0 Å². The SMILES string of the molecule is Cc1ncc(/C=N/O)cc1[S+]([O-])CSCl. The van der Waals surface area contributed by atoms with Gasteiger partial charge in [-0.2, -0.15) is 0 Å². The number of nitrogens with zero attached hydrogens (tertiary/aromatic N) is 2. The third-order valence-corrected chi connectivity index (χ3v) is 4.58. The molecule has 0 radical (unpaired) electrons. The van der Waals surface area contributed by atoms with Gasteiger partial charge in [-0.25, -0.2) is 0 Å². The molecule has 0 aromatic carbocycles. The Balaban J connectivity index is 2.99. The normalized spacial score (nSPS) is 13.3. The monoisotopic (exact) mass is 264 g/mol. The van der Waals surface area contributed by atoms with Crippen molar-refractivity contribution in [3.8, 4) is 0 Å². The molecule has 0 amide bonds. The number of hydrogen-bond acceptors (Lipinski definition) is 5. The van der Waals surface area contributed by atoms with Crippen LogP contribution in [0.2, 0.25) is 0 Å². The van der Waals surface area contributed by atoms with Gasteiger partial charge in [0.25, 0.3) is 0 Å². The van der Waals surface area contributed by atoms with Crippen LogP contribution in [-0.2, 0) is 11.2 Å². The van der Waals surface area contributed by atoms with Crippen LogP contribution in [0.15, 0.2) is 22.3 Å².